The van der Waals surface area contributed by atoms with Crippen LogP contribution in [0.25, 0.3) is 0 Å². The van der Waals surface area contributed by atoms with Crippen LogP contribution in [0.3, 0.4) is 0 Å². The number of benzene rings is 1. The normalized spacial score (nSPS) is 16.2. The summed E-state index contributed by atoms with van der Waals surface area (Å²) in [4.78, 5) is 25.8. The Morgan fingerprint density at radius 1 is 1.19 bits per heavy atom. The minimum absolute atomic E-state index is 0.123. The van der Waals surface area contributed by atoms with Crippen LogP contribution in [-0.4, -0.2) is 39.4 Å². The van der Waals surface area contributed by atoms with Crippen molar-refractivity contribution >= 4 is 33.2 Å². The molecule has 31 heavy (non-hydrogen) atoms. The monoisotopic (exact) mass is 452 g/mol. The Kier molecular flexibility index (Phi) is 9.31. The van der Waals surface area contributed by atoms with Crippen LogP contribution < -0.4 is 20.7 Å². The molecular weight excluding hydrogens is 416 g/mol. The van der Waals surface area contributed by atoms with Crippen LogP contribution in [-0.2, 0) is 19.6 Å². The van der Waals surface area contributed by atoms with Gasteiger partial charge in [-0.2, -0.15) is 0 Å². The molecule has 1 heterocycles. The van der Waals surface area contributed by atoms with Gasteiger partial charge < -0.3 is 16.0 Å². The van der Waals surface area contributed by atoms with Crippen molar-refractivity contribution in [2.75, 3.05) is 23.3 Å². The number of anilines is 2. The summed E-state index contributed by atoms with van der Waals surface area (Å²) in [6.07, 6.45) is 5.04. The fourth-order valence-corrected chi connectivity index (χ4v) is 5.22. The average molecular weight is 453 g/mol. The van der Waals surface area contributed by atoms with Crippen LogP contribution in [0, 0.1) is 5.92 Å². The highest BCUT2D eigenvalue weighted by Gasteiger charge is 2.28. The standard InChI is InChI=1S/C22H36N4O4S/c1-4-6-7-8-21(27)24-18-9-10-19(26-13-11-17(12-14-26)22(23)28)20(15-18)31(29,30)25-16(3)5-2/h9-10,15-17,25H,4-8,11-14H2,1-3H3,(H2,23,28)(H,24,27)/t16-/m0/s1. The molecule has 0 unspecified atom stereocenters. The van der Waals surface area contributed by atoms with Gasteiger partial charge in [0.05, 0.1) is 5.69 Å². The van der Waals surface area contributed by atoms with Crippen LogP contribution in [0.1, 0.15) is 65.7 Å². The second kappa shape index (κ2) is 11.5. The Morgan fingerprint density at radius 2 is 1.87 bits per heavy atom. The number of amides is 2. The molecule has 1 atom stereocenters. The molecule has 0 radical (unpaired) electrons. The third-order valence-electron chi connectivity index (χ3n) is 5.75. The van der Waals surface area contributed by atoms with E-state index < -0.39 is 10.0 Å². The summed E-state index contributed by atoms with van der Waals surface area (Å²) >= 11 is 0. The number of rotatable bonds is 11. The number of nitrogens with two attached hydrogens (primary N) is 1. The molecular formula is C22H36N4O4S. The molecule has 0 spiro atoms. The molecule has 1 aromatic rings. The van der Waals surface area contributed by atoms with Crippen LogP contribution in [0.4, 0.5) is 11.4 Å². The summed E-state index contributed by atoms with van der Waals surface area (Å²) in [5.41, 5.74) is 6.46. The van der Waals surface area contributed by atoms with Gasteiger partial charge in [0.2, 0.25) is 21.8 Å². The van der Waals surface area contributed by atoms with Crippen LogP contribution in [0.2, 0.25) is 0 Å². The first-order chi connectivity index (χ1) is 14.7. The second-order valence-corrected chi connectivity index (χ2v) is 9.96. The zero-order valence-corrected chi connectivity index (χ0v) is 19.6. The summed E-state index contributed by atoms with van der Waals surface area (Å²) in [5.74, 6) is -0.620. The molecule has 0 bridgehead atoms. The van der Waals surface area contributed by atoms with Crippen molar-refractivity contribution in [3.8, 4) is 0 Å². The molecule has 2 amide bonds. The van der Waals surface area contributed by atoms with Gasteiger partial charge in [-0.3, -0.25) is 9.59 Å². The number of nitrogens with one attached hydrogen (secondary N) is 2. The van der Waals surface area contributed by atoms with Crippen LogP contribution in [0.15, 0.2) is 23.1 Å². The quantitative estimate of drug-likeness (QED) is 0.446. The minimum atomic E-state index is -3.80. The van der Waals surface area contributed by atoms with E-state index in [2.05, 4.69) is 17.0 Å². The Hall–Kier alpha value is -2.13. The van der Waals surface area contributed by atoms with E-state index >= 15 is 0 Å². The fraction of sp³-hybridized carbons (Fsp3) is 0.636. The van der Waals surface area contributed by atoms with Crippen molar-refractivity contribution in [3.63, 3.8) is 0 Å². The number of sulfonamides is 1. The highest BCUT2D eigenvalue weighted by atomic mass is 32.2. The molecule has 4 N–H and O–H groups in total. The summed E-state index contributed by atoms with van der Waals surface area (Å²) in [5, 5.41) is 2.82. The van der Waals surface area contributed by atoms with Crippen molar-refractivity contribution < 1.29 is 18.0 Å². The Balaban J connectivity index is 2.30. The SMILES string of the molecule is CCCCCC(=O)Nc1ccc(N2CCC(C(N)=O)CC2)c(S(=O)(=O)N[C@@H](C)CC)c1. The van der Waals surface area contributed by atoms with Gasteiger partial charge in [0.15, 0.2) is 0 Å². The summed E-state index contributed by atoms with van der Waals surface area (Å²) in [6.45, 7) is 6.89. The first-order valence-electron chi connectivity index (χ1n) is 11.2. The van der Waals surface area contributed by atoms with E-state index in [0.717, 1.165) is 19.3 Å². The Morgan fingerprint density at radius 3 is 2.45 bits per heavy atom. The predicted octanol–water partition coefficient (Wildman–Crippen LogP) is 2.98. The molecule has 1 fully saturated rings. The number of hydrogen-bond donors (Lipinski definition) is 3. The van der Waals surface area contributed by atoms with Crippen molar-refractivity contribution in [2.45, 2.75) is 76.7 Å². The van der Waals surface area contributed by atoms with Gasteiger partial charge in [-0.15, -0.1) is 0 Å². The van der Waals surface area contributed by atoms with E-state index in [1.165, 1.54) is 6.07 Å². The second-order valence-electron chi connectivity index (χ2n) is 8.28. The molecule has 1 saturated heterocycles. The van der Waals surface area contributed by atoms with E-state index in [-0.39, 0.29) is 28.7 Å². The lowest BCUT2D eigenvalue weighted by atomic mass is 9.96. The molecule has 1 aliphatic heterocycles. The summed E-state index contributed by atoms with van der Waals surface area (Å²) < 4.78 is 29.0. The summed E-state index contributed by atoms with van der Waals surface area (Å²) in [6, 6.07) is 4.77. The number of nitrogens with zero attached hydrogens (tertiary/aromatic N) is 1. The molecule has 1 aromatic carbocycles. The fourth-order valence-electron chi connectivity index (χ4n) is 3.64. The highest BCUT2D eigenvalue weighted by Crippen LogP contribution is 2.32. The maximum Gasteiger partial charge on any atom is 0.242 e. The number of carbonyl (C=O) groups is 2. The zero-order valence-electron chi connectivity index (χ0n) is 18.8. The number of carbonyl (C=O) groups excluding carboxylic acids is 2. The molecule has 0 saturated carbocycles. The molecule has 2 rings (SSSR count). The van der Waals surface area contributed by atoms with Gasteiger partial charge in [0.1, 0.15) is 4.90 Å². The molecule has 174 valence electrons. The van der Waals surface area contributed by atoms with E-state index in [0.29, 0.717) is 50.1 Å². The van der Waals surface area contributed by atoms with Crippen LogP contribution in [0.5, 0.6) is 0 Å². The third-order valence-corrected chi connectivity index (χ3v) is 7.37. The number of primary amides is 1. The number of unbranched alkanes of at least 4 members (excludes halogenated alkanes) is 2. The maximum atomic E-state index is 13.2. The van der Waals surface area contributed by atoms with Crippen molar-refractivity contribution in [1.82, 2.24) is 4.72 Å². The number of piperidine rings is 1. The molecule has 0 aliphatic carbocycles. The number of hydrogen-bond acceptors (Lipinski definition) is 5. The maximum absolute atomic E-state index is 13.2. The smallest absolute Gasteiger partial charge is 0.242 e. The van der Waals surface area contributed by atoms with Crippen molar-refractivity contribution in [2.24, 2.45) is 11.7 Å². The first kappa shape index (κ1) is 25.1. The van der Waals surface area contributed by atoms with E-state index in [1.54, 1.807) is 12.1 Å². The van der Waals surface area contributed by atoms with Gasteiger partial charge in [0.25, 0.3) is 0 Å². The molecule has 8 nitrogen and oxygen atoms in total. The topological polar surface area (TPSA) is 122 Å². The molecule has 0 aromatic heterocycles. The average Bonchev–Trinajstić information content (AvgIpc) is 2.73. The van der Waals surface area contributed by atoms with E-state index in [1.807, 2.05) is 18.7 Å². The highest BCUT2D eigenvalue weighted by molar-refractivity contribution is 7.89. The van der Waals surface area contributed by atoms with Crippen molar-refractivity contribution in [3.05, 3.63) is 18.2 Å². The minimum Gasteiger partial charge on any atom is -0.370 e. The zero-order chi connectivity index (χ0) is 23.0. The first-order valence-corrected chi connectivity index (χ1v) is 12.7. The summed E-state index contributed by atoms with van der Waals surface area (Å²) in [7, 11) is -3.80. The Labute approximate surface area is 186 Å². The van der Waals surface area contributed by atoms with E-state index in [9.17, 15) is 18.0 Å². The third kappa shape index (κ3) is 7.21. The van der Waals surface area contributed by atoms with Gasteiger partial charge in [-0.1, -0.05) is 26.7 Å². The molecule has 9 heteroatoms. The van der Waals surface area contributed by atoms with Gasteiger partial charge >= 0.3 is 0 Å². The lowest BCUT2D eigenvalue weighted by molar-refractivity contribution is -0.122. The van der Waals surface area contributed by atoms with E-state index in [4.69, 9.17) is 5.73 Å². The largest absolute Gasteiger partial charge is 0.370 e. The predicted molar refractivity (Wildman–Crippen MR) is 123 cm³/mol. The van der Waals surface area contributed by atoms with Gasteiger partial charge in [-0.05, 0) is 50.8 Å². The molecule has 1 aliphatic rings. The van der Waals surface area contributed by atoms with Crippen molar-refractivity contribution in [1.29, 1.82) is 0 Å². The van der Waals surface area contributed by atoms with Crippen LogP contribution >= 0.6 is 0 Å². The lowest BCUT2D eigenvalue weighted by Crippen LogP contribution is -2.40. The lowest BCUT2D eigenvalue weighted by Gasteiger charge is -2.33. The van der Waals surface area contributed by atoms with Gasteiger partial charge in [0, 0.05) is 37.2 Å². The Bertz CT molecular complexity index is 864. The van der Waals surface area contributed by atoms with Gasteiger partial charge in [-0.25, -0.2) is 13.1 Å².